The van der Waals surface area contributed by atoms with Crippen molar-refractivity contribution in [3.05, 3.63) is 53.6 Å². The highest BCUT2D eigenvalue weighted by molar-refractivity contribution is 5.46. The Balaban J connectivity index is 1.98. The van der Waals surface area contributed by atoms with Gasteiger partial charge >= 0.3 is 0 Å². The van der Waals surface area contributed by atoms with Crippen molar-refractivity contribution >= 4 is 0 Å². The first-order chi connectivity index (χ1) is 8.75. The molecule has 1 aromatic heterocycles. The van der Waals surface area contributed by atoms with Crippen LogP contribution in [0.15, 0.2) is 36.7 Å². The lowest BCUT2D eigenvalue weighted by Crippen LogP contribution is -2.02. The van der Waals surface area contributed by atoms with Crippen LogP contribution >= 0.6 is 0 Å². The smallest absolute Gasteiger partial charge is 0.231 e. The van der Waals surface area contributed by atoms with Gasteiger partial charge in [0.1, 0.15) is 11.9 Å². The van der Waals surface area contributed by atoms with E-state index in [-0.39, 0.29) is 12.4 Å². The highest BCUT2D eigenvalue weighted by atomic mass is 19.1. The Kier molecular flexibility index (Phi) is 2.60. The minimum Gasteiger partial charge on any atom is -0.454 e. The molecule has 4 nitrogen and oxygen atoms in total. The minimum atomic E-state index is -1.05. The van der Waals surface area contributed by atoms with Crippen LogP contribution in [-0.4, -0.2) is 16.9 Å². The summed E-state index contributed by atoms with van der Waals surface area (Å²) in [5.74, 6) is 0.643. The second kappa shape index (κ2) is 4.27. The second-order valence-corrected chi connectivity index (χ2v) is 3.91. The van der Waals surface area contributed by atoms with E-state index in [0.29, 0.717) is 17.1 Å². The van der Waals surface area contributed by atoms with Crippen LogP contribution in [0.4, 0.5) is 4.39 Å². The largest absolute Gasteiger partial charge is 0.454 e. The van der Waals surface area contributed by atoms with Crippen molar-refractivity contribution in [2.45, 2.75) is 6.10 Å². The van der Waals surface area contributed by atoms with Gasteiger partial charge in [0, 0.05) is 11.8 Å². The first-order valence-corrected chi connectivity index (χ1v) is 5.43. The lowest BCUT2D eigenvalue weighted by molar-refractivity contribution is 0.173. The average molecular weight is 247 g/mol. The van der Waals surface area contributed by atoms with E-state index in [1.807, 2.05) is 0 Å². The van der Waals surface area contributed by atoms with Gasteiger partial charge in [0.25, 0.3) is 0 Å². The van der Waals surface area contributed by atoms with Gasteiger partial charge in [-0.15, -0.1) is 0 Å². The number of fused-ring (bicyclic) bond motifs is 1. The summed E-state index contributed by atoms with van der Waals surface area (Å²) in [7, 11) is 0. The predicted molar refractivity (Wildman–Crippen MR) is 60.8 cm³/mol. The van der Waals surface area contributed by atoms with Gasteiger partial charge in [-0.3, -0.25) is 4.98 Å². The molecule has 0 radical (unpaired) electrons. The standard InChI is InChI=1S/C13H10FNO3/c14-10-6-15-4-3-9(10)13(16)8-1-2-11-12(5-8)18-7-17-11/h1-6,13,16H,7H2. The van der Waals surface area contributed by atoms with Crippen LogP contribution in [0, 0.1) is 5.82 Å². The highest BCUT2D eigenvalue weighted by Gasteiger charge is 2.19. The summed E-state index contributed by atoms with van der Waals surface area (Å²) in [5, 5.41) is 10.1. The van der Waals surface area contributed by atoms with Gasteiger partial charge in [-0.1, -0.05) is 6.07 Å². The highest BCUT2D eigenvalue weighted by Crippen LogP contribution is 2.35. The van der Waals surface area contributed by atoms with E-state index in [9.17, 15) is 9.50 Å². The average Bonchev–Trinajstić information content (AvgIpc) is 2.85. The number of nitrogens with zero attached hydrogens (tertiary/aromatic N) is 1. The van der Waals surface area contributed by atoms with Crippen LogP contribution in [-0.2, 0) is 0 Å². The third-order valence-electron chi connectivity index (χ3n) is 2.81. The van der Waals surface area contributed by atoms with Gasteiger partial charge < -0.3 is 14.6 Å². The Morgan fingerprint density at radius 2 is 2.06 bits per heavy atom. The number of aliphatic hydroxyl groups excluding tert-OH is 1. The molecule has 0 aliphatic carbocycles. The van der Waals surface area contributed by atoms with Crippen LogP contribution in [0.1, 0.15) is 17.2 Å². The molecule has 1 aliphatic heterocycles. The zero-order valence-corrected chi connectivity index (χ0v) is 9.34. The van der Waals surface area contributed by atoms with Crippen molar-refractivity contribution < 1.29 is 19.0 Å². The summed E-state index contributed by atoms with van der Waals surface area (Å²) in [6.07, 6.45) is 1.46. The van der Waals surface area contributed by atoms with E-state index in [1.165, 1.54) is 12.3 Å². The van der Waals surface area contributed by atoms with Crippen molar-refractivity contribution in [1.82, 2.24) is 4.98 Å². The molecule has 2 heterocycles. The summed E-state index contributed by atoms with van der Waals surface area (Å²) in [5.41, 5.74) is 0.730. The number of rotatable bonds is 2. The van der Waals surface area contributed by atoms with Crippen molar-refractivity contribution in [1.29, 1.82) is 0 Å². The minimum absolute atomic E-state index is 0.165. The second-order valence-electron chi connectivity index (χ2n) is 3.91. The first kappa shape index (κ1) is 11.0. The first-order valence-electron chi connectivity index (χ1n) is 5.43. The molecule has 0 bridgehead atoms. The van der Waals surface area contributed by atoms with Gasteiger partial charge in [-0.2, -0.15) is 0 Å². The molecule has 1 atom stereocenters. The number of hydrogen-bond donors (Lipinski definition) is 1. The molecular weight excluding hydrogens is 237 g/mol. The zero-order valence-electron chi connectivity index (χ0n) is 9.34. The van der Waals surface area contributed by atoms with Gasteiger partial charge in [-0.25, -0.2) is 4.39 Å². The quantitative estimate of drug-likeness (QED) is 0.882. The Labute approximate surface area is 103 Å². The maximum absolute atomic E-state index is 13.5. The molecule has 1 unspecified atom stereocenters. The normalized spacial score (nSPS) is 14.6. The number of benzene rings is 1. The van der Waals surface area contributed by atoms with E-state index < -0.39 is 11.9 Å². The number of halogens is 1. The van der Waals surface area contributed by atoms with E-state index in [2.05, 4.69) is 4.98 Å². The summed E-state index contributed by atoms with van der Waals surface area (Å²) >= 11 is 0. The van der Waals surface area contributed by atoms with Crippen LogP contribution in [0.5, 0.6) is 11.5 Å². The molecule has 0 spiro atoms. The summed E-state index contributed by atoms with van der Waals surface area (Å²) in [6, 6.07) is 6.47. The summed E-state index contributed by atoms with van der Waals surface area (Å²) < 4.78 is 23.9. The van der Waals surface area contributed by atoms with Crippen LogP contribution in [0.25, 0.3) is 0 Å². The van der Waals surface area contributed by atoms with Crippen molar-refractivity contribution in [2.24, 2.45) is 0 Å². The summed E-state index contributed by atoms with van der Waals surface area (Å²) in [6.45, 7) is 0.165. The molecule has 0 saturated carbocycles. The number of ether oxygens (including phenoxy) is 2. The number of hydrogen-bond acceptors (Lipinski definition) is 4. The molecule has 0 amide bonds. The molecule has 1 aromatic carbocycles. The van der Waals surface area contributed by atoms with Crippen LogP contribution < -0.4 is 9.47 Å². The molecule has 5 heteroatoms. The number of aromatic nitrogens is 1. The number of aliphatic hydroxyl groups is 1. The maximum atomic E-state index is 13.5. The fraction of sp³-hybridized carbons (Fsp3) is 0.154. The van der Waals surface area contributed by atoms with Gasteiger partial charge in [0.15, 0.2) is 11.5 Å². The third kappa shape index (κ3) is 1.78. The Bertz CT molecular complexity index is 588. The van der Waals surface area contributed by atoms with Crippen molar-refractivity contribution in [3.8, 4) is 11.5 Å². The fourth-order valence-electron chi connectivity index (χ4n) is 1.87. The molecule has 1 aliphatic rings. The van der Waals surface area contributed by atoms with Crippen LogP contribution in [0.3, 0.4) is 0 Å². The van der Waals surface area contributed by atoms with Crippen LogP contribution in [0.2, 0.25) is 0 Å². The van der Waals surface area contributed by atoms with E-state index in [1.54, 1.807) is 18.2 Å². The van der Waals surface area contributed by atoms with E-state index in [0.717, 1.165) is 6.20 Å². The van der Waals surface area contributed by atoms with Crippen molar-refractivity contribution in [2.75, 3.05) is 6.79 Å². The molecule has 3 rings (SSSR count). The van der Waals surface area contributed by atoms with Gasteiger partial charge in [-0.05, 0) is 23.8 Å². The molecular formula is C13H10FNO3. The third-order valence-corrected chi connectivity index (χ3v) is 2.81. The molecule has 18 heavy (non-hydrogen) atoms. The molecule has 2 aromatic rings. The lowest BCUT2D eigenvalue weighted by Gasteiger charge is -2.12. The lowest BCUT2D eigenvalue weighted by atomic mass is 10.0. The van der Waals surface area contributed by atoms with E-state index >= 15 is 0 Å². The SMILES string of the molecule is OC(c1ccc2c(c1)OCO2)c1ccncc1F. The van der Waals surface area contributed by atoms with Crippen molar-refractivity contribution in [3.63, 3.8) is 0 Å². The molecule has 0 fully saturated rings. The molecule has 0 saturated heterocycles. The Morgan fingerprint density at radius 3 is 2.89 bits per heavy atom. The summed E-state index contributed by atoms with van der Waals surface area (Å²) in [4.78, 5) is 3.65. The monoisotopic (exact) mass is 247 g/mol. The fourth-order valence-corrected chi connectivity index (χ4v) is 1.87. The topological polar surface area (TPSA) is 51.6 Å². The predicted octanol–water partition coefficient (Wildman–Crippen LogP) is 2.03. The number of pyridine rings is 1. The Hall–Kier alpha value is -2.14. The van der Waals surface area contributed by atoms with E-state index in [4.69, 9.17) is 9.47 Å². The van der Waals surface area contributed by atoms with Gasteiger partial charge in [0.2, 0.25) is 6.79 Å². The van der Waals surface area contributed by atoms with Gasteiger partial charge in [0.05, 0.1) is 6.20 Å². The maximum Gasteiger partial charge on any atom is 0.231 e. The zero-order chi connectivity index (χ0) is 12.5. The molecule has 1 N–H and O–H groups in total. The molecule has 92 valence electrons. The Morgan fingerprint density at radius 1 is 1.22 bits per heavy atom.